The van der Waals surface area contributed by atoms with Crippen LogP contribution in [0.25, 0.3) is 76.5 Å². The van der Waals surface area contributed by atoms with Gasteiger partial charge >= 0.3 is 0 Å². The maximum absolute atomic E-state index is 6.41. The zero-order valence-electron chi connectivity index (χ0n) is 27.3. The van der Waals surface area contributed by atoms with Gasteiger partial charge in [-0.2, -0.15) is 0 Å². The van der Waals surface area contributed by atoms with E-state index in [-0.39, 0.29) is 0 Å². The third kappa shape index (κ3) is 4.65. The zero-order valence-corrected chi connectivity index (χ0v) is 27.3. The van der Waals surface area contributed by atoms with E-state index in [0.29, 0.717) is 0 Å². The smallest absolute Gasteiger partial charge is 0.143 e. The second-order valence-corrected chi connectivity index (χ2v) is 12.9. The molecule has 1 heterocycles. The molecule has 10 aromatic rings. The number of fused-ring (bicyclic) bond motifs is 7. The Morgan fingerprint density at radius 3 is 1.84 bits per heavy atom. The SMILES string of the molecule is c1cc(-c2ccc3ccccc3c2)cc(N(c2ccc(-c3cccc4c3oc3ccccc34)cc2)c2cc3ccccc3c3ccccc23)c1. The van der Waals surface area contributed by atoms with Gasteiger partial charge in [0.05, 0.1) is 5.69 Å². The van der Waals surface area contributed by atoms with Crippen LogP contribution in [0.3, 0.4) is 0 Å². The quantitative estimate of drug-likeness (QED) is 0.175. The summed E-state index contributed by atoms with van der Waals surface area (Å²) >= 11 is 0. The van der Waals surface area contributed by atoms with Gasteiger partial charge < -0.3 is 9.32 Å². The Kier molecular flexibility index (Phi) is 6.53. The molecular formula is C48H31NO. The lowest BCUT2D eigenvalue weighted by Gasteiger charge is -2.28. The number of hydrogen-bond donors (Lipinski definition) is 0. The van der Waals surface area contributed by atoms with E-state index in [4.69, 9.17) is 4.42 Å². The second kappa shape index (κ2) is 11.5. The normalized spacial score (nSPS) is 11.6. The van der Waals surface area contributed by atoms with Gasteiger partial charge in [0.2, 0.25) is 0 Å². The molecule has 2 heteroatoms. The minimum absolute atomic E-state index is 0.909. The standard InChI is InChI=1S/C48H31NO/c1-2-12-34-29-36(24-23-32(34)11-1)35-14-9-15-39(30-35)49(46-31-37-13-3-4-16-40(37)42-17-5-6-18-43(42)46)38-27-25-33(26-28-38)41-20-10-21-45-44-19-7-8-22-47(44)50-48(41)45/h1-31H. The van der Waals surface area contributed by atoms with Crippen LogP contribution in [0.5, 0.6) is 0 Å². The van der Waals surface area contributed by atoms with Crippen molar-refractivity contribution in [3.63, 3.8) is 0 Å². The van der Waals surface area contributed by atoms with E-state index < -0.39 is 0 Å². The van der Waals surface area contributed by atoms with Crippen molar-refractivity contribution in [1.29, 1.82) is 0 Å². The van der Waals surface area contributed by atoms with Gasteiger partial charge in [-0.3, -0.25) is 0 Å². The van der Waals surface area contributed by atoms with Gasteiger partial charge in [-0.05, 0) is 86.1 Å². The van der Waals surface area contributed by atoms with Crippen LogP contribution in [0.1, 0.15) is 0 Å². The summed E-state index contributed by atoms with van der Waals surface area (Å²) in [5, 5.41) is 9.68. The lowest BCUT2D eigenvalue weighted by Crippen LogP contribution is -2.10. The number of para-hydroxylation sites is 2. The molecular weight excluding hydrogens is 607 g/mol. The van der Waals surface area contributed by atoms with Crippen molar-refractivity contribution in [2.75, 3.05) is 4.90 Å². The van der Waals surface area contributed by atoms with Gasteiger partial charge in [-0.15, -0.1) is 0 Å². The molecule has 0 N–H and O–H groups in total. The summed E-state index contributed by atoms with van der Waals surface area (Å²) in [6, 6.07) is 67.6. The second-order valence-electron chi connectivity index (χ2n) is 12.9. The molecule has 234 valence electrons. The molecule has 0 aliphatic heterocycles. The van der Waals surface area contributed by atoms with Crippen molar-refractivity contribution >= 4 is 71.3 Å². The molecule has 10 rings (SSSR count). The zero-order chi connectivity index (χ0) is 33.0. The van der Waals surface area contributed by atoms with Crippen molar-refractivity contribution < 1.29 is 4.42 Å². The predicted octanol–water partition coefficient (Wildman–Crippen LogP) is 13.8. The van der Waals surface area contributed by atoms with E-state index in [1.807, 2.05) is 12.1 Å². The summed E-state index contributed by atoms with van der Waals surface area (Å²) in [5.74, 6) is 0. The van der Waals surface area contributed by atoms with Crippen LogP contribution in [0.2, 0.25) is 0 Å². The first-order valence-corrected chi connectivity index (χ1v) is 17.1. The molecule has 0 unspecified atom stereocenters. The Balaban J connectivity index is 1.16. The third-order valence-electron chi connectivity index (χ3n) is 10.0. The molecule has 0 atom stereocenters. The fourth-order valence-electron chi connectivity index (χ4n) is 7.60. The van der Waals surface area contributed by atoms with E-state index in [9.17, 15) is 0 Å². The van der Waals surface area contributed by atoms with Crippen LogP contribution in [0.15, 0.2) is 192 Å². The molecule has 2 nitrogen and oxygen atoms in total. The number of benzene rings is 9. The summed E-state index contributed by atoms with van der Waals surface area (Å²) in [6.07, 6.45) is 0. The highest BCUT2D eigenvalue weighted by Gasteiger charge is 2.19. The van der Waals surface area contributed by atoms with Gasteiger partial charge in [0.1, 0.15) is 11.2 Å². The fourth-order valence-corrected chi connectivity index (χ4v) is 7.60. The molecule has 0 aliphatic carbocycles. The van der Waals surface area contributed by atoms with E-state index in [1.54, 1.807) is 0 Å². The third-order valence-corrected chi connectivity index (χ3v) is 10.0. The van der Waals surface area contributed by atoms with E-state index in [2.05, 4.69) is 181 Å². The lowest BCUT2D eigenvalue weighted by atomic mass is 9.97. The number of rotatable bonds is 5. The highest BCUT2D eigenvalue weighted by atomic mass is 16.3. The lowest BCUT2D eigenvalue weighted by molar-refractivity contribution is 0.670. The number of furan rings is 1. The van der Waals surface area contributed by atoms with Crippen LogP contribution in [0.4, 0.5) is 17.1 Å². The predicted molar refractivity (Wildman–Crippen MR) is 212 cm³/mol. The fraction of sp³-hybridized carbons (Fsp3) is 0. The van der Waals surface area contributed by atoms with Gasteiger partial charge in [0, 0.05) is 33.1 Å². The number of hydrogen-bond acceptors (Lipinski definition) is 2. The minimum atomic E-state index is 0.909. The van der Waals surface area contributed by atoms with Crippen LogP contribution in [-0.2, 0) is 0 Å². The molecule has 9 aromatic carbocycles. The Labute approximate surface area is 290 Å². The largest absolute Gasteiger partial charge is 0.455 e. The van der Waals surface area contributed by atoms with E-state index in [0.717, 1.165) is 50.1 Å². The van der Waals surface area contributed by atoms with Crippen LogP contribution in [0, 0.1) is 0 Å². The molecule has 0 bridgehead atoms. The van der Waals surface area contributed by atoms with Crippen molar-refractivity contribution in [2.45, 2.75) is 0 Å². The molecule has 0 amide bonds. The first kappa shape index (κ1) is 28.4. The Hall–Kier alpha value is -6.64. The minimum Gasteiger partial charge on any atom is -0.455 e. The number of nitrogens with zero attached hydrogens (tertiary/aromatic N) is 1. The maximum atomic E-state index is 6.41. The van der Waals surface area contributed by atoms with Gasteiger partial charge in [0.25, 0.3) is 0 Å². The number of anilines is 3. The van der Waals surface area contributed by atoms with Crippen molar-refractivity contribution in [2.24, 2.45) is 0 Å². The monoisotopic (exact) mass is 637 g/mol. The van der Waals surface area contributed by atoms with Crippen molar-refractivity contribution in [1.82, 2.24) is 0 Å². The van der Waals surface area contributed by atoms with Gasteiger partial charge in [-0.25, -0.2) is 0 Å². The topological polar surface area (TPSA) is 16.4 Å². The Morgan fingerprint density at radius 1 is 0.340 bits per heavy atom. The maximum Gasteiger partial charge on any atom is 0.143 e. The van der Waals surface area contributed by atoms with E-state index in [1.165, 1.54) is 43.4 Å². The molecule has 50 heavy (non-hydrogen) atoms. The average Bonchev–Trinajstić information content (AvgIpc) is 3.57. The van der Waals surface area contributed by atoms with Crippen molar-refractivity contribution in [3.05, 3.63) is 188 Å². The highest BCUT2D eigenvalue weighted by Crippen LogP contribution is 2.44. The molecule has 0 fully saturated rings. The summed E-state index contributed by atoms with van der Waals surface area (Å²) in [5.41, 5.74) is 9.73. The first-order valence-electron chi connectivity index (χ1n) is 17.1. The van der Waals surface area contributed by atoms with Crippen LogP contribution < -0.4 is 4.90 Å². The van der Waals surface area contributed by atoms with Crippen LogP contribution in [-0.4, -0.2) is 0 Å². The summed E-state index contributed by atoms with van der Waals surface area (Å²) in [7, 11) is 0. The van der Waals surface area contributed by atoms with Gasteiger partial charge in [0.15, 0.2) is 0 Å². The summed E-state index contributed by atoms with van der Waals surface area (Å²) in [6.45, 7) is 0. The molecule has 0 saturated carbocycles. The Bertz CT molecular complexity index is 2880. The van der Waals surface area contributed by atoms with Gasteiger partial charge in [-0.1, -0.05) is 146 Å². The summed E-state index contributed by atoms with van der Waals surface area (Å²) in [4.78, 5) is 2.41. The molecule has 0 radical (unpaired) electrons. The Morgan fingerprint density at radius 2 is 0.980 bits per heavy atom. The average molecular weight is 638 g/mol. The molecule has 0 aliphatic rings. The highest BCUT2D eigenvalue weighted by molar-refractivity contribution is 6.15. The van der Waals surface area contributed by atoms with Crippen LogP contribution >= 0.6 is 0 Å². The van der Waals surface area contributed by atoms with Crippen molar-refractivity contribution in [3.8, 4) is 22.3 Å². The molecule has 1 aromatic heterocycles. The van der Waals surface area contributed by atoms with E-state index >= 15 is 0 Å². The first-order chi connectivity index (χ1) is 24.8. The summed E-state index contributed by atoms with van der Waals surface area (Å²) < 4.78 is 6.41. The molecule has 0 spiro atoms. The molecule has 0 saturated heterocycles.